The first kappa shape index (κ1) is 17.3. The topological polar surface area (TPSA) is 66.0 Å². The predicted octanol–water partition coefficient (Wildman–Crippen LogP) is 4.50. The minimum absolute atomic E-state index is 0.0386. The second-order valence-corrected chi connectivity index (χ2v) is 5.09. The van der Waals surface area contributed by atoms with Crippen molar-refractivity contribution in [3.63, 3.8) is 0 Å². The summed E-state index contributed by atoms with van der Waals surface area (Å²) in [7, 11) is 1.48. The van der Waals surface area contributed by atoms with Crippen molar-refractivity contribution < 1.29 is 13.9 Å². The standard InChI is InChI=1S/C18H12ClFN2O2/c1-23-17-6-5-12(7-13(9-21)10-22)8-18(17)24-11-14-15(19)3-2-4-16(14)20/h2-8H,11H2,1H3. The van der Waals surface area contributed by atoms with Gasteiger partial charge in [-0.15, -0.1) is 0 Å². The van der Waals surface area contributed by atoms with Gasteiger partial charge >= 0.3 is 0 Å². The number of halogens is 2. The van der Waals surface area contributed by atoms with Gasteiger partial charge in [0.2, 0.25) is 0 Å². The van der Waals surface area contributed by atoms with E-state index in [9.17, 15) is 4.39 Å². The largest absolute Gasteiger partial charge is 0.493 e. The number of rotatable bonds is 5. The van der Waals surface area contributed by atoms with E-state index in [-0.39, 0.29) is 22.8 Å². The molecule has 24 heavy (non-hydrogen) atoms. The van der Waals surface area contributed by atoms with E-state index in [0.29, 0.717) is 17.1 Å². The number of ether oxygens (including phenoxy) is 2. The number of benzene rings is 2. The molecule has 0 N–H and O–H groups in total. The van der Waals surface area contributed by atoms with Gasteiger partial charge in [-0.3, -0.25) is 0 Å². The van der Waals surface area contributed by atoms with Crippen molar-refractivity contribution in [2.45, 2.75) is 6.61 Å². The van der Waals surface area contributed by atoms with Crippen LogP contribution in [0, 0.1) is 28.5 Å². The molecule has 0 aliphatic carbocycles. The quantitative estimate of drug-likeness (QED) is 0.750. The third-order valence-corrected chi connectivity index (χ3v) is 3.53. The highest BCUT2D eigenvalue weighted by atomic mass is 35.5. The summed E-state index contributed by atoms with van der Waals surface area (Å²) in [4.78, 5) is 0. The average molecular weight is 343 g/mol. The van der Waals surface area contributed by atoms with Gasteiger partial charge in [0.15, 0.2) is 11.5 Å². The van der Waals surface area contributed by atoms with E-state index in [1.54, 1.807) is 36.4 Å². The van der Waals surface area contributed by atoms with E-state index in [2.05, 4.69) is 0 Å². The molecule has 6 heteroatoms. The molecule has 2 rings (SSSR count). The summed E-state index contributed by atoms with van der Waals surface area (Å²) in [5.41, 5.74) is 0.781. The normalized spacial score (nSPS) is 9.54. The number of nitrogens with zero attached hydrogens (tertiary/aromatic N) is 2. The van der Waals surface area contributed by atoms with Crippen LogP contribution in [0.3, 0.4) is 0 Å². The molecular formula is C18H12ClFN2O2. The van der Waals surface area contributed by atoms with Gasteiger partial charge < -0.3 is 9.47 Å². The van der Waals surface area contributed by atoms with Gasteiger partial charge in [0.05, 0.1) is 12.1 Å². The van der Waals surface area contributed by atoms with Crippen molar-refractivity contribution in [1.82, 2.24) is 0 Å². The Kier molecular flexibility index (Phi) is 5.78. The molecule has 120 valence electrons. The first-order valence-corrected chi connectivity index (χ1v) is 7.22. The van der Waals surface area contributed by atoms with Crippen molar-refractivity contribution in [1.29, 1.82) is 10.5 Å². The summed E-state index contributed by atoms with van der Waals surface area (Å²) in [5, 5.41) is 17.9. The van der Waals surface area contributed by atoms with Gasteiger partial charge in [0.25, 0.3) is 0 Å². The number of hydrogen-bond acceptors (Lipinski definition) is 4. The number of nitriles is 2. The molecule has 0 saturated carbocycles. The highest BCUT2D eigenvalue weighted by Crippen LogP contribution is 2.30. The van der Waals surface area contributed by atoms with Gasteiger partial charge in [-0.25, -0.2) is 4.39 Å². The molecule has 0 bridgehead atoms. The maximum Gasteiger partial charge on any atom is 0.162 e. The zero-order valence-electron chi connectivity index (χ0n) is 12.7. The monoisotopic (exact) mass is 342 g/mol. The first-order valence-electron chi connectivity index (χ1n) is 6.84. The Morgan fingerprint density at radius 1 is 1.21 bits per heavy atom. The molecule has 4 nitrogen and oxygen atoms in total. The van der Waals surface area contributed by atoms with Crippen LogP contribution in [0.1, 0.15) is 11.1 Å². The minimum atomic E-state index is -0.464. The molecule has 0 aromatic heterocycles. The SMILES string of the molecule is COc1ccc(C=C(C#N)C#N)cc1OCc1c(F)cccc1Cl. The highest BCUT2D eigenvalue weighted by molar-refractivity contribution is 6.31. The first-order chi connectivity index (χ1) is 11.6. The molecule has 0 spiro atoms. The lowest BCUT2D eigenvalue weighted by atomic mass is 10.1. The molecular weight excluding hydrogens is 331 g/mol. The Bertz CT molecular complexity index is 830. The van der Waals surface area contributed by atoms with Crippen LogP contribution < -0.4 is 9.47 Å². The van der Waals surface area contributed by atoms with E-state index >= 15 is 0 Å². The maximum absolute atomic E-state index is 13.8. The molecule has 0 radical (unpaired) electrons. The lowest BCUT2D eigenvalue weighted by Gasteiger charge is -2.12. The second kappa shape index (κ2) is 8.01. The van der Waals surface area contributed by atoms with Crippen LogP contribution >= 0.6 is 11.6 Å². The molecule has 0 saturated heterocycles. The predicted molar refractivity (Wildman–Crippen MR) is 87.9 cm³/mol. The van der Waals surface area contributed by atoms with E-state index in [4.69, 9.17) is 31.6 Å². The van der Waals surface area contributed by atoms with Crippen LogP contribution in [0.25, 0.3) is 6.08 Å². The summed E-state index contributed by atoms with van der Waals surface area (Å²) >= 11 is 5.97. The highest BCUT2D eigenvalue weighted by Gasteiger charge is 2.11. The zero-order valence-corrected chi connectivity index (χ0v) is 13.5. The van der Waals surface area contributed by atoms with Crippen LogP contribution in [0.15, 0.2) is 42.0 Å². The molecule has 0 fully saturated rings. The Morgan fingerprint density at radius 2 is 1.96 bits per heavy atom. The van der Waals surface area contributed by atoms with E-state index < -0.39 is 5.82 Å². The van der Waals surface area contributed by atoms with E-state index in [1.165, 1.54) is 25.3 Å². The average Bonchev–Trinajstić information content (AvgIpc) is 2.59. The third-order valence-electron chi connectivity index (χ3n) is 3.17. The fourth-order valence-corrected chi connectivity index (χ4v) is 2.19. The van der Waals surface area contributed by atoms with Crippen LogP contribution in [0.4, 0.5) is 4.39 Å². The van der Waals surface area contributed by atoms with E-state index in [0.717, 1.165) is 0 Å². The summed E-state index contributed by atoms with van der Waals surface area (Å²) in [5.74, 6) is 0.324. The lowest BCUT2D eigenvalue weighted by molar-refractivity contribution is 0.280. The summed E-state index contributed by atoms with van der Waals surface area (Å²) in [6.45, 7) is -0.0849. The molecule has 0 heterocycles. The minimum Gasteiger partial charge on any atom is -0.493 e. The van der Waals surface area contributed by atoms with Gasteiger partial charge in [-0.2, -0.15) is 10.5 Å². The van der Waals surface area contributed by atoms with Crippen molar-refractivity contribution in [2.75, 3.05) is 7.11 Å². The molecule has 0 atom stereocenters. The van der Waals surface area contributed by atoms with Crippen LogP contribution in [-0.4, -0.2) is 7.11 Å². The van der Waals surface area contributed by atoms with Gasteiger partial charge in [0, 0.05) is 5.56 Å². The number of methoxy groups -OCH3 is 1. The Labute approximate surface area is 143 Å². The molecule has 2 aromatic rings. The lowest BCUT2D eigenvalue weighted by Crippen LogP contribution is -2.01. The molecule has 0 aliphatic heterocycles. The number of hydrogen-bond donors (Lipinski definition) is 0. The molecule has 0 aliphatic rings. The fourth-order valence-electron chi connectivity index (χ4n) is 1.97. The Hall–Kier alpha value is -3.02. The summed E-state index contributed by atoms with van der Waals surface area (Å²) in [6, 6.07) is 12.9. The van der Waals surface area contributed by atoms with Crippen LogP contribution in [0.2, 0.25) is 5.02 Å². The van der Waals surface area contributed by atoms with E-state index in [1.807, 2.05) is 0 Å². The van der Waals surface area contributed by atoms with Gasteiger partial charge in [-0.1, -0.05) is 23.7 Å². The van der Waals surface area contributed by atoms with Crippen LogP contribution in [0.5, 0.6) is 11.5 Å². The summed E-state index contributed by atoms with van der Waals surface area (Å²) in [6.07, 6.45) is 1.42. The Morgan fingerprint density at radius 3 is 2.58 bits per heavy atom. The summed E-state index contributed by atoms with van der Waals surface area (Å²) < 4.78 is 24.6. The van der Waals surface area contributed by atoms with Crippen molar-refractivity contribution in [3.05, 3.63) is 63.9 Å². The fraction of sp³-hybridized carbons (Fsp3) is 0.111. The van der Waals surface area contributed by atoms with Crippen molar-refractivity contribution in [3.8, 4) is 23.6 Å². The maximum atomic E-state index is 13.8. The number of allylic oxidation sites excluding steroid dienone is 1. The molecule has 2 aromatic carbocycles. The van der Waals surface area contributed by atoms with Crippen molar-refractivity contribution in [2.24, 2.45) is 0 Å². The zero-order chi connectivity index (χ0) is 17.5. The second-order valence-electron chi connectivity index (χ2n) is 4.68. The third kappa shape index (κ3) is 4.04. The van der Waals surface area contributed by atoms with Crippen LogP contribution in [-0.2, 0) is 6.61 Å². The van der Waals surface area contributed by atoms with Crippen molar-refractivity contribution >= 4 is 17.7 Å². The Balaban J connectivity index is 2.31. The smallest absolute Gasteiger partial charge is 0.162 e. The molecule has 0 amide bonds. The van der Waals surface area contributed by atoms with Gasteiger partial charge in [-0.05, 0) is 35.9 Å². The van der Waals surface area contributed by atoms with Gasteiger partial charge in [0.1, 0.15) is 30.1 Å². The molecule has 0 unspecified atom stereocenters.